The Labute approximate surface area is 154 Å². The van der Waals surface area contributed by atoms with Gasteiger partial charge in [-0.3, -0.25) is 14.7 Å². The molecule has 1 aliphatic heterocycles. The summed E-state index contributed by atoms with van der Waals surface area (Å²) in [5.74, 6) is -0.875. The fraction of sp³-hybridized carbons (Fsp3) is 0.600. The van der Waals surface area contributed by atoms with Gasteiger partial charge < -0.3 is 25.7 Å². The molecule has 4 atom stereocenters. The third-order valence-electron chi connectivity index (χ3n) is 4.52. The van der Waals surface area contributed by atoms with Gasteiger partial charge in [-0.05, 0) is 5.92 Å². The number of anilines is 1. The van der Waals surface area contributed by atoms with Crippen LogP contribution in [0.4, 0.5) is 5.95 Å². The molecule has 142 valence electrons. The standard InChI is InChI=1S/C15H22N6O4S/c1-6(2)10(14(23)24)18-7-3-9(25-8(7)4-22)21-5-17-11-12(21)19-15(16)20-13(11)26/h5-10,18,22H,3-4H2,1-2H3,(H,23,24)(H3,16,19,20,26)/t7-,8?,9+,10+/m0/s1. The summed E-state index contributed by atoms with van der Waals surface area (Å²) in [5, 5.41) is 22.1. The van der Waals surface area contributed by atoms with E-state index in [4.69, 9.17) is 22.7 Å². The third kappa shape index (κ3) is 3.43. The molecule has 26 heavy (non-hydrogen) atoms. The van der Waals surface area contributed by atoms with Gasteiger partial charge in [0.25, 0.3) is 0 Å². The molecule has 0 bridgehead atoms. The number of carboxylic acid groups (broad SMARTS) is 1. The lowest BCUT2D eigenvalue weighted by Crippen LogP contribution is -2.50. The number of fused-ring (bicyclic) bond motifs is 1. The second kappa shape index (κ2) is 7.27. The van der Waals surface area contributed by atoms with E-state index in [2.05, 4.69) is 20.3 Å². The smallest absolute Gasteiger partial charge is 0.320 e. The number of H-pyrrole nitrogens is 1. The van der Waals surface area contributed by atoms with Crippen LogP contribution in [0.3, 0.4) is 0 Å². The summed E-state index contributed by atoms with van der Waals surface area (Å²) in [6.45, 7) is 3.42. The Bertz CT molecular complexity index is 865. The quantitative estimate of drug-likeness (QED) is 0.448. The van der Waals surface area contributed by atoms with Crippen molar-refractivity contribution in [2.45, 2.75) is 44.7 Å². The van der Waals surface area contributed by atoms with Crippen molar-refractivity contribution in [3.63, 3.8) is 0 Å². The number of nitrogens with one attached hydrogen (secondary N) is 2. The maximum Gasteiger partial charge on any atom is 0.320 e. The Morgan fingerprint density at radius 2 is 2.35 bits per heavy atom. The fourth-order valence-electron chi connectivity index (χ4n) is 3.20. The minimum Gasteiger partial charge on any atom is -0.480 e. The molecule has 2 aromatic heterocycles. The fourth-order valence-corrected chi connectivity index (χ4v) is 3.44. The molecule has 10 nitrogen and oxygen atoms in total. The molecular weight excluding hydrogens is 360 g/mol. The van der Waals surface area contributed by atoms with E-state index in [-0.39, 0.29) is 29.2 Å². The number of imidazole rings is 1. The second-order valence-electron chi connectivity index (χ2n) is 6.66. The summed E-state index contributed by atoms with van der Waals surface area (Å²) in [6.07, 6.45) is 1.02. The number of rotatable bonds is 6. The largest absolute Gasteiger partial charge is 0.480 e. The molecule has 1 unspecified atom stereocenters. The van der Waals surface area contributed by atoms with Crippen molar-refractivity contribution >= 4 is 35.3 Å². The minimum atomic E-state index is -0.934. The monoisotopic (exact) mass is 382 g/mol. The average molecular weight is 382 g/mol. The van der Waals surface area contributed by atoms with Crippen LogP contribution in [0.25, 0.3) is 11.2 Å². The van der Waals surface area contributed by atoms with Gasteiger partial charge >= 0.3 is 5.97 Å². The van der Waals surface area contributed by atoms with Crippen molar-refractivity contribution in [2.75, 3.05) is 12.3 Å². The first-order valence-corrected chi connectivity index (χ1v) is 8.70. The molecule has 0 amide bonds. The van der Waals surface area contributed by atoms with Crippen LogP contribution in [0.1, 0.15) is 26.5 Å². The highest BCUT2D eigenvalue weighted by Crippen LogP contribution is 2.31. The van der Waals surface area contributed by atoms with Crippen LogP contribution in [-0.2, 0) is 9.53 Å². The highest BCUT2D eigenvalue weighted by molar-refractivity contribution is 7.71. The van der Waals surface area contributed by atoms with Crippen molar-refractivity contribution < 1.29 is 19.7 Å². The zero-order chi connectivity index (χ0) is 19.0. The Balaban J connectivity index is 1.87. The van der Waals surface area contributed by atoms with E-state index in [0.717, 1.165) is 0 Å². The van der Waals surface area contributed by atoms with Crippen molar-refractivity contribution in [1.82, 2.24) is 24.8 Å². The van der Waals surface area contributed by atoms with E-state index >= 15 is 0 Å². The summed E-state index contributed by atoms with van der Waals surface area (Å²) in [7, 11) is 0. The van der Waals surface area contributed by atoms with Crippen LogP contribution in [-0.4, -0.2) is 60.5 Å². The maximum absolute atomic E-state index is 11.5. The molecule has 1 fully saturated rings. The van der Waals surface area contributed by atoms with Gasteiger partial charge in [-0.1, -0.05) is 26.1 Å². The summed E-state index contributed by atoms with van der Waals surface area (Å²) < 4.78 is 7.94. The van der Waals surface area contributed by atoms with Gasteiger partial charge in [0.05, 0.1) is 19.0 Å². The average Bonchev–Trinajstić information content (AvgIpc) is 3.15. The number of nitrogen functional groups attached to an aromatic ring is 1. The first-order chi connectivity index (χ1) is 12.3. The summed E-state index contributed by atoms with van der Waals surface area (Å²) in [5.41, 5.74) is 6.80. The lowest BCUT2D eigenvalue weighted by atomic mass is 10.0. The number of carboxylic acids is 1. The lowest BCUT2D eigenvalue weighted by Gasteiger charge is -2.24. The van der Waals surface area contributed by atoms with Crippen molar-refractivity contribution in [1.29, 1.82) is 0 Å². The first-order valence-electron chi connectivity index (χ1n) is 8.29. The number of nitrogens with two attached hydrogens (primary N) is 1. The molecule has 1 saturated heterocycles. The Kier molecular flexibility index (Phi) is 5.23. The van der Waals surface area contributed by atoms with E-state index in [1.54, 1.807) is 10.9 Å². The topological polar surface area (TPSA) is 151 Å². The number of aliphatic carboxylic acids is 1. The van der Waals surface area contributed by atoms with Crippen LogP contribution in [0.5, 0.6) is 0 Å². The molecule has 0 spiro atoms. The normalized spacial score (nSPS) is 24.4. The second-order valence-corrected chi connectivity index (χ2v) is 7.04. The number of aromatic nitrogens is 4. The van der Waals surface area contributed by atoms with E-state index in [0.29, 0.717) is 17.6 Å². The molecular formula is C15H22N6O4S. The van der Waals surface area contributed by atoms with Gasteiger partial charge in [-0.2, -0.15) is 0 Å². The molecule has 6 N–H and O–H groups in total. The predicted octanol–water partition coefficient (Wildman–Crippen LogP) is 0.418. The van der Waals surface area contributed by atoms with Gasteiger partial charge in [-0.25, -0.2) is 9.97 Å². The number of hydrogen-bond donors (Lipinski definition) is 5. The van der Waals surface area contributed by atoms with Crippen molar-refractivity contribution in [3.8, 4) is 0 Å². The SMILES string of the molecule is CC(C)[C@@H](N[C@H]1C[C@H](n2cnc3c(=S)nc(N)[nH]c32)OC1CO)C(=O)O. The number of hydrogen-bond acceptors (Lipinski definition) is 8. The molecule has 0 aromatic carbocycles. The van der Waals surface area contributed by atoms with E-state index in [1.165, 1.54) is 0 Å². The number of aliphatic hydroxyl groups is 1. The molecule has 3 rings (SSSR count). The van der Waals surface area contributed by atoms with E-state index in [1.807, 2.05) is 13.8 Å². The molecule has 3 heterocycles. The highest BCUT2D eigenvalue weighted by Gasteiger charge is 2.39. The summed E-state index contributed by atoms with van der Waals surface area (Å²) in [6, 6.07) is -1.06. The molecule has 2 aromatic rings. The zero-order valence-corrected chi connectivity index (χ0v) is 15.2. The van der Waals surface area contributed by atoms with Gasteiger partial charge in [0.2, 0.25) is 0 Å². The molecule has 0 saturated carbocycles. The highest BCUT2D eigenvalue weighted by atomic mass is 32.1. The van der Waals surface area contributed by atoms with Crippen molar-refractivity contribution in [2.24, 2.45) is 5.92 Å². The Morgan fingerprint density at radius 3 is 2.96 bits per heavy atom. The van der Waals surface area contributed by atoms with Gasteiger partial charge in [0, 0.05) is 12.5 Å². The van der Waals surface area contributed by atoms with Crippen LogP contribution in [0.2, 0.25) is 0 Å². The maximum atomic E-state index is 11.5. The van der Waals surface area contributed by atoms with Crippen LogP contribution < -0.4 is 11.1 Å². The zero-order valence-electron chi connectivity index (χ0n) is 14.4. The van der Waals surface area contributed by atoms with Gasteiger partial charge in [0.15, 0.2) is 10.6 Å². The molecule has 0 aliphatic carbocycles. The molecule has 1 aliphatic rings. The summed E-state index contributed by atoms with van der Waals surface area (Å²) >= 11 is 5.17. The minimum absolute atomic E-state index is 0.109. The van der Waals surface area contributed by atoms with Crippen molar-refractivity contribution in [3.05, 3.63) is 11.0 Å². The lowest BCUT2D eigenvalue weighted by molar-refractivity contribution is -0.141. The number of aliphatic hydroxyl groups excluding tert-OH is 1. The van der Waals surface area contributed by atoms with E-state index < -0.39 is 24.3 Å². The number of carbonyl (C=O) groups is 1. The summed E-state index contributed by atoms with van der Waals surface area (Å²) in [4.78, 5) is 22.6. The number of nitrogens with zero attached hydrogens (tertiary/aromatic N) is 3. The van der Waals surface area contributed by atoms with Crippen LogP contribution in [0, 0.1) is 10.6 Å². The third-order valence-corrected chi connectivity index (χ3v) is 4.80. The Hall–Kier alpha value is -2.08. The first kappa shape index (κ1) is 18.7. The Morgan fingerprint density at radius 1 is 1.62 bits per heavy atom. The predicted molar refractivity (Wildman–Crippen MR) is 95.9 cm³/mol. The number of ether oxygens (including phenoxy) is 1. The molecule has 0 radical (unpaired) electrons. The van der Waals surface area contributed by atoms with Crippen LogP contribution >= 0.6 is 12.2 Å². The van der Waals surface area contributed by atoms with Gasteiger partial charge in [0.1, 0.15) is 23.4 Å². The molecule has 11 heteroatoms. The van der Waals surface area contributed by atoms with Gasteiger partial charge in [-0.15, -0.1) is 0 Å². The van der Waals surface area contributed by atoms with E-state index in [9.17, 15) is 15.0 Å². The van der Waals surface area contributed by atoms with Crippen LogP contribution in [0.15, 0.2) is 6.33 Å². The number of aromatic amines is 1.